The molecule has 41 heavy (non-hydrogen) atoms. The molecule has 1 amide bonds. The molecule has 3 aromatic heterocycles. The van der Waals surface area contributed by atoms with Crippen LogP contribution in [0.1, 0.15) is 55.9 Å². The zero-order valence-electron chi connectivity index (χ0n) is 21.9. The minimum absolute atomic E-state index is 0.0933. The maximum absolute atomic E-state index is 16.9. The summed E-state index contributed by atoms with van der Waals surface area (Å²) in [6, 6.07) is 4.30. The normalized spacial score (nSPS) is 18.6. The topological polar surface area (TPSA) is 133 Å². The molecule has 0 aliphatic heterocycles. The van der Waals surface area contributed by atoms with E-state index in [-0.39, 0.29) is 45.5 Å². The number of carbonyl (C=O) groups is 1. The van der Waals surface area contributed by atoms with Crippen molar-refractivity contribution in [2.45, 2.75) is 44.3 Å². The molecule has 1 fully saturated rings. The predicted molar refractivity (Wildman–Crippen MR) is 146 cm³/mol. The molecule has 13 heteroatoms. The zero-order chi connectivity index (χ0) is 29.5. The van der Waals surface area contributed by atoms with Gasteiger partial charge >= 0.3 is 6.09 Å². The lowest BCUT2D eigenvalue weighted by atomic mass is 9.85. The number of allylic oxidation sites excluding steroid dienone is 1. The number of ether oxygens (including phenoxy) is 1. The Labute approximate surface area is 237 Å². The number of hydrogen-bond donors (Lipinski definition) is 2. The zero-order valence-corrected chi connectivity index (χ0v) is 22.6. The number of amides is 1. The van der Waals surface area contributed by atoms with Crippen LogP contribution in [0, 0.1) is 23.0 Å². The van der Waals surface area contributed by atoms with E-state index in [1.165, 1.54) is 12.4 Å². The highest BCUT2D eigenvalue weighted by atomic mass is 35.5. The number of nitrogens with zero attached hydrogens (tertiary/aromatic N) is 5. The van der Waals surface area contributed by atoms with Crippen molar-refractivity contribution in [1.82, 2.24) is 24.5 Å². The van der Waals surface area contributed by atoms with Gasteiger partial charge in [-0.15, -0.1) is 6.58 Å². The molecule has 1 aliphatic rings. The van der Waals surface area contributed by atoms with E-state index in [9.17, 15) is 13.6 Å². The number of primary amides is 1. The third kappa shape index (κ3) is 5.26. The Bertz CT molecular complexity index is 1660. The summed E-state index contributed by atoms with van der Waals surface area (Å²) in [5, 5.41) is 8.41. The number of pyridine rings is 1. The van der Waals surface area contributed by atoms with E-state index >= 15 is 4.39 Å². The largest absolute Gasteiger partial charge is 0.411 e. The van der Waals surface area contributed by atoms with Crippen LogP contribution in [-0.4, -0.2) is 36.5 Å². The van der Waals surface area contributed by atoms with Gasteiger partial charge in [0.2, 0.25) is 5.82 Å². The number of nitrogens with one attached hydrogen (secondary N) is 1. The van der Waals surface area contributed by atoms with Crippen molar-refractivity contribution in [3.63, 3.8) is 0 Å². The number of benzene rings is 1. The van der Waals surface area contributed by atoms with Gasteiger partial charge in [0.15, 0.2) is 17.1 Å². The second-order valence-corrected chi connectivity index (χ2v) is 10.4. The molecule has 0 saturated heterocycles. The van der Waals surface area contributed by atoms with Crippen LogP contribution in [0.3, 0.4) is 0 Å². The molecule has 1 atom stereocenters. The van der Waals surface area contributed by atoms with Crippen LogP contribution >= 0.6 is 11.6 Å². The Hall–Kier alpha value is -4.32. The first kappa shape index (κ1) is 28.2. The third-order valence-corrected chi connectivity index (χ3v) is 7.43. The number of alkyl halides is 1. The summed E-state index contributed by atoms with van der Waals surface area (Å²) in [7, 11) is 0. The van der Waals surface area contributed by atoms with Crippen molar-refractivity contribution >= 4 is 34.8 Å². The minimum atomic E-state index is -2.76. The summed E-state index contributed by atoms with van der Waals surface area (Å²) in [6.45, 7) is 4.92. The first-order valence-corrected chi connectivity index (χ1v) is 13.1. The summed E-state index contributed by atoms with van der Waals surface area (Å²) in [4.78, 5) is 28.6. The number of nitrogens with two attached hydrogens (primary N) is 1. The van der Waals surface area contributed by atoms with Crippen molar-refractivity contribution in [3.05, 3.63) is 83.2 Å². The Morgan fingerprint density at radius 1 is 1.20 bits per heavy atom. The quantitative estimate of drug-likeness (QED) is 0.153. The molecule has 3 heterocycles. The Balaban J connectivity index is 1.85. The molecule has 0 bridgehead atoms. The van der Waals surface area contributed by atoms with Crippen molar-refractivity contribution in [2.75, 3.05) is 0 Å². The SMILES string of the molecule is C=C[C@H]1CC[C@H](n2c(C(C)(F)c3c(F)cccc3F)nc3nc(C(=N)OC(N)=O)nc(-c4cncc(Cl)c4)c32)CC1. The molecular weight excluding hydrogens is 559 g/mol. The van der Waals surface area contributed by atoms with Gasteiger partial charge in [-0.05, 0) is 56.7 Å². The molecule has 0 radical (unpaired) electrons. The number of rotatable bonds is 6. The molecule has 9 nitrogen and oxygen atoms in total. The number of aromatic nitrogens is 5. The van der Waals surface area contributed by atoms with Crippen molar-refractivity contribution < 1.29 is 22.7 Å². The Morgan fingerprint density at radius 3 is 2.49 bits per heavy atom. The van der Waals surface area contributed by atoms with Crippen LogP contribution < -0.4 is 5.73 Å². The summed E-state index contributed by atoms with van der Waals surface area (Å²) in [5.41, 5.74) is 2.17. The highest BCUT2D eigenvalue weighted by Gasteiger charge is 2.42. The summed E-state index contributed by atoms with van der Waals surface area (Å²) in [5.74, 6) is -3.35. The number of imidazole rings is 1. The first-order chi connectivity index (χ1) is 19.5. The summed E-state index contributed by atoms with van der Waals surface area (Å²) < 4.78 is 53.1. The van der Waals surface area contributed by atoms with Crippen LogP contribution in [0.2, 0.25) is 5.02 Å². The highest BCUT2D eigenvalue weighted by molar-refractivity contribution is 6.30. The average Bonchev–Trinajstić information content (AvgIpc) is 3.32. The van der Waals surface area contributed by atoms with E-state index in [2.05, 4.69) is 31.3 Å². The van der Waals surface area contributed by atoms with Gasteiger partial charge in [0, 0.05) is 24.0 Å². The Kier molecular flexibility index (Phi) is 7.52. The minimum Gasteiger partial charge on any atom is -0.388 e. The van der Waals surface area contributed by atoms with Gasteiger partial charge in [0.05, 0.1) is 10.6 Å². The number of hydrogen-bond acceptors (Lipinski definition) is 7. The van der Waals surface area contributed by atoms with E-state index < -0.39 is 34.9 Å². The smallest absolute Gasteiger partial charge is 0.388 e. The summed E-state index contributed by atoms with van der Waals surface area (Å²) in [6.07, 6.45) is 6.12. The van der Waals surface area contributed by atoms with E-state index in [1.54, 1.807) is 10.6 Å². The van der Waals surface area contributed by atoms with Gasteiger partial charge < -0.3 is 15.0 Å². The second kappa shape index (κ2) is 10.9. The van der Waals surface area contributed by atoms with Crippen LogP contribution in [0.4, 0.5) is 18.0 Å². The number of fused-ring (bicyclic) bond motifs is 1. The maximum Gasteiger partial charge on any atom is 0.411 e. The first-order valence-electron chi connectivity index (χ1n) is 12.7. The van der Waals surface area contributed by atoms with Gasteiger partial charge in [0.1, 0.15) is 22.8 Å². The average molecular weight is 584 g/mol. The molecule has 3 N–H and O–H groups in total. The van der Waals surface area contributed by atoms with Gasteiger partial charge in [-0.25, -0.2) is 32.9 Å². The van der Waals surface area contributed by atoms with Crippen LogP contribution in [0.25, 0.3) is 22.4 Å². The maximum atomic E-state index is 16.9. The molecular formula is C28H25ClF3N7O2. The lowest BCUT2D eigenvalue weighted by molar-refractivity contribution is 0.199. The standard InChI is InChI=1S/C28H25ClF3N7O2/c1-3-14-7-9-17(10-8-14)39-22-21(15-11-16(29)13-35-12-15)36-25(23(33)41-27(34)40)37-24(22)38-26(39)28(2,32)20-18(30)5-4-6-19(20)31/h3-6,11-14,17,33H,1,7-10H2,2H3,(H2,34,40)/t14-,17-,28?. The monoisotopic (exact) mass is 583 g/mol. The molecule has 1 saturated carbocycles. The molecule has 212 valence electrons. The molecule has 1 aliphatic carbocycles. The number of halogens is 4. The van der Waals surface area contributed by atoms with E-state index in [4.69, 9.17) is 22.7 Å². The van der Waals surface area contributed by atoms with Gasteiger partial charge in [-0.2, -0.15) is 0 Å². The molecule has 0 spiro atoms. The number of carbonyl (C=O) groups excluding carboxylic acids is 1. The molecule has 5 rings (SSSR count). The Morgan fingerprint density at radius 2 is 1.88 bits per heavy atom. The second-order valence-electron chi connectivity index (χ2n) is 9.92. The van der Waals surface area contributed by atoms with Crippen molar-refractivity contribution in [2.24, 2.45) is 11.7 Å². The summed E-state index contributed by atoms with van der Waals surface area (Å²) >= 11 is 6.22. The third-order valence-electron chi connectivity index (χ3n) is 7.22. The lowest BCUT2D eigenvalue weighted by Gasteiger charge is -2.32. The molecule has 4 aromatic rings. The predicted octanol–water partition coefficient (Wildman–Crippen LogP) is 6.39. The lowest BCUT2D eigenvalue weighted by Crippen LogP contribution is -2.29. The van der Waals surface area contributed by atoms with Gasteiger partial charge in [0.25, 0.3) is 5.90 Å². The van der Waals surface area contributed by atoms with E-state index in [0.717, 1.165) is 38.0 Å². The van der Waals surface area contributed by atoms with E-state index in [0.29, 0.717) is 18.4 Å². The van der Waals surface area contributed by atoms with Crippen LogP contribution in [0.5, 0.6) is 0 Å². The fourth-order valence-corrected chi connectivity index (χ4v) is 5.51. The van der Waals surface area contributed by atoms with Gasteiger partial charge in [-0.1, -0.05) is 23.7 Å². The fraction of sp³-hybridized carbons (Fsp3) is 0.286. The molecule has 1 aromatic carbocycles. The van der Waals surface area contributed by atoms with Gasteiger partial charge in [-0.3, -0.25) is 10.4 Å². The fourth-order valence-electron chi connectivity index (χ4n) is 5.33. The highest BCUT2D eigenvalue weighted by Crippen LogP contribution is 2.44. The van der Waals surface area contributed by atoms with Crippen molar-refractivity contribution in [3.8, 4) is 11.3 Å². The van der Waals surface area contributed by atoms with E-state index in [1.807, 2.05) is 6.08 Å². The van der Waals surface area contributed by atoms with Crippen LogP contribution in [0.15, 0.2) is 49.3 Å². The molecule has 1 unspecified atom stereocenters. The van der Waals surface area contributed by atoms with Crippen molar-refractivity contribution in [1.29, 1.82) is 5.41 Å². The van der Waals surface area contributed by atoms with Crippen LogP contribution in [-0.2, 0) is 10.4 Å².